The van der Waals surface area contributed by atoms with Crippen molar-refractivity contribution in [2.75, 3.05) is 40.3 Å². The van der Waals surface area contributed by atoms with Crippen LogP contribution in [0.5, 0.6) is 0 Å². The number of rotatable bonds is 8. The molecule has 0 aliphatic heterocycles. The molecule has 1 aliphatic carbocycles. The fourth-order valence-electron chi connectivity index (χ4n) is 2.31. The maximum Gasteiger partial charge on any atom is 0.223 e. The molecule has 0 aromatic carbocycles. The first kappa shape index (κ1) is 15.4. The second-order valence-electron chi connectivity index (χ2n) is 5.46. The predicted octanol–water partition coefficient (Wildman–Crippen LogP) is -0.114. The molecule has 0 atom stereocenters. The number of hydrogen-bond donors (Lipinski definition) is 2. The summed E-state index contributed by atoms with van der Waals surface area (Å²) in [4.78, 5) is 15.7. The average Bonchev–Trinajstić information content (AvgIpc) is 2.31. The molecule has 5 nitrogen and oxygen atoms in total. The molecule has 0 bridgehead atoms. The first-order chi connectivity index (χ1) is 8.52. The summed E-state index contributed by atoms with van der Waals surface area (Å²) >= 11 is 0. The smallest absolute Gasteiger partial charge is 0.223 e. The van der Waals surface area contributed by atoms with Crippen LogP contribution in [-0.4, -0.2) is 67.2 Å². The van der Waals surface area contributed by atoms with E-state index in [2.05, 4.69) is 4.90 Å². The highest BCUT2D eigenvalue weighted by Gasteiger charge is 2.27. The number of nitrogens with zero attached hydrogens (tertiary/aromatic N) is 2. The highest BCUT2D eigenvalue weighted by molar-refractivity contribution is 5.76. The quantitative estimate of drug-likeness (QED) is 0.636. The molecule has 3 N–H and O–H groups in total. The number of carbonyl (C=O) groups is 1. The Kier molecular flexibility index (Phi) is 6.60. The Morgan fingerprint density at radius 3 is 2.56 bits per heavy atom. The SMILES string of the molecule is CN(CCC(=O)N(C)CCCN)CC1CC(O)C1. The average molecular weight is 257 g/mol. The van der Waals surface area contributed by atoms with Gasteiger partial charge in [0, 0.05) is 33.1 Å². The van der Waals surface area contributed by atoms with Gasteiger partial charge in [-0.15, -0.1) is 0 Å². The third-order valence-electron chi connectivity index (χ3n) is 3.61. The summed E-state index contributed by atoms with van der Waals surface area (Å²) < 4.78 is 0. The zero-order chi connectivity index (χ0) is 13.5. The summed E-state index contributed by atoms with van der Waals surface area (Å²) in [7, 11) is 3.87. The Morgan fingerprint density at radius 1 is 1.33 bits per heavy atom. The lowest BCUT2D eigenvalue weighted by atomic mass is 9.82. The van der Waals surface area contributed by atoms with E-state index in [1.54, 1.807) is 4.90 Å². The van der Waals surface area contributed by atoms with Gasteiger partial charge in [0.2, 0.25) is 5.91 Å². The van der Waals surface area contributed by atoms with E-state index in [0.29, 0.717) is 18.9 Å². The molecule has 1 amide bonds. The van der Waals surface area contributed by atoms with Crippen LogP contribution in [0.3, 0.4) is 0 Å². The molecule has 1 saturated carbocycles. The van der Waals surface area contributed by atoms with E-state index in [1.165, 1.54) is 0 Å². The van der Waals surface area contributed by atoms with Crippen molar-refractivity contribution in [3.8, 4) is 0 Å². The number of carbonyl (C=O) groups excluding carboxylic acids is 1. The Labute approximate surface area is 110 Å². The summed E-state index contributed by atoms with van der Waals surface area (Å²) in [6.45, 7) is 3.14. The van der Waals surface area contributed by atoms with E-state index in [-0.39, 0.29) is 12.0 Å². The lowest BCUT2D eigenvalue weighted by Gasteiger charge is -2.34. The van der Waals surface area contributed by atoms with Gasteiger partial charge in [-0.2, -0.15) is 0 Å². The number of aliphatic hydroxyl groups is 1. The van der Waals surface area contributed by atoms with Crippen molar-refractivity contribution < 1.29 is 9.90 Å². The molecule has 0 aromatic rings. The van der Waals surface area contributed by atoms with E-state index < -0.39 is 0 Å². The van der Waals surface area contributed by atoms with Crippen LogP contribution in [0.4, 0.5) is 0 Å². The minimum atomic E-state index is -0.0903. The lowest BCUT2D eigenvalue weighted by Crippen LogP contribution is -2.38. The minimum absolute atomic E-state index is 0.0903. The first-order valence-corrected chi connectivity index (χ1v) is 6.83. The molecule has 18 heavy (non-hydrogen) atoms. The maximum atomic E-state index is 11.8. The molecular formula is C13H27N3O2. The number of nitrogens with two attached hydrogens (primary N) is 1. The fraction of sp³-hybridized carbons (Fsp3) is 0.923. The summed E-state index contributed by atoms with van der Waals surface area (Å²) in [5.74, 6) is 0.791. The molecule has 1 fully saturated rings. The molecule has 0 saturated heterocycles. The molecule has 1 aliphatic rings. The van der Waals surface area contributed by atoms with Gasteiger partial charge in [-0.3, -0.25) is 4.79 Å². The topological polar surface area (TPSA) is 69.8 Å². The summed E-state index contributed by atoms with van der Waals surface area (Å²) in [5.41, 5.74) is 5.42. The monoisotopic (exact) mass is 257 g/mol. The zero-order valence-electron chi connectivity index (χ0n) is 11.6. The van der Waals surface area contributed by atoms with Gasteiger partial charge in [0.1, 0.15) is 0 Å². The van der Waals surface area contributed by atoms with Gasteiger partial charge in [0.15, 0.2) is 0 Å². The second-order valence-corrected chi connectivity index (χ2v) is 5.46. The van der Waals surface area contributed by atoms with Crippen LogP contribution in [0.15, 0.2) is 0 Å². The lowest BCUT2D eigenvalue weighted by molar-refractivity contribution is -0.130. The third kappa shape index (κ3) is 5.33. The zero-order valence-corrected chi connectivity index (χ0v) is 11.6. The molecule has 0 unspecified atom stereocenters. The van der Waals surface area contributed by atoms with Crippen LogP contribution >= 0.6 is 0 Å². The summed E-state index contributed by atoms with van der Waals surface area (Å²) in [5, 5.41) is 9.22. The van der Waals surface area contributed by atoms with Crippen LogP contribution in [-0.2, 0) is 4.79 Å². The highest BCUT2D eigenvalue weighted by Crippen LogP contribution is 2.27. The van der Waals surface area contributed by atoms with Gasteiger partial charge in [-0.25, -0.2) is 0 Å². The van der Waals surface area contributed by atoms with Crippen molar-refractivity contribution in [1.29, 1.82) is 0 Å². The fourth-order valence-corrected chi connectivity index (χ4v) is 2.31. The van der Waals surface area contributed by atoms with Gasteiger partial charge < -0.3 is 20.6 Å². The highest BCUT2D eigenvalue weighted by atomic mass is 16.3. The van der Waals surface area contributed by atoms with E-state index in [4.69, 9.17) is 5.73 Å². The van der Waals surface area contributed by atoms with E-state index >= 15 is 0 Å². The van der Waals surface area contributed by atoms with Crippen LogP contribution in [0.2, 0.25) is 0 Å². The van der Waals surface area contributed by atoms with E-state index in [9.17, 15) is 9.90 Å². The number of amides is 1. The van der Waals surface area contributed by atoms with Crippen LogP contribution in [0, 0.1) is 5.92 Å². The first-order valence-electron chi connectivity index (χ1n) is 6.83. The molecule has 0 radical (unpaired) electrons. The van der Waals surface area contributed by atoms with Crippen molar-refractivity contribution in [2.45, 2.75) is 31.8 Å². The standard InChI is InChI=1S/C13H27N3O2/c1-15(10-11-8-12(17)9-11)7-4-13(18)16(2)6-3-5-14/h11-12,17H,3-10,14H2,1-2H3. The third-order valence-corrected chi connectivity index (χ3v) is 3.61. The largest absolute Gasteiger partial charge is 0.393 e. The van der Waals surface area contributed by atoms with Gasteiger partial charge in [0.05, 0.1) is 6.10 Å². The molecule has 106 valence electrons. The van der Waals surface area contributed by atoms with Crippen molar-refractivity contribution in [1.82, 2.24) is 9.80 Å². The van der Waals surface area contributed by atoms with Crippen molar-refractivity contribution in [3.05, 3.63) is 0 Å². The van der Waals surface area contributed by atoms with Crippen LogP contribution in [0.25, 0.3) is 0 Å². The molecule has 0 aromatic heterocycles. The molecular weight excluding hydrogens is 230 g/mol. The van der Waals surface area contributed by atoms with Crippen molar-refractivity contribution in [3.63, 3.8) is 0 Å². The van der Waals surface area contributed by atoms with Crippen molar-refractivity contribution in [2.24, 2.45) is 11.7 Å². The Bertz CT molecular complexity index is 255. The Hall–Kier alpha value is -0.650. The Balaban J connectivity index is 2.09. The van der Waals surface area contributed by atoms with Gasteiger partial charge >= 0.3 is 0 Å². The van der Waals surface area contributed by atoms with Crippen LogP contribution in [0.1, 0.15) is 25.7 Å². The van der Waals surface area contributed by atoms with Gasteiger partial charge in [0.25, 0.3) is 0 Å². The van der Waals surface area contributed by atoms with Gasteiger partial charge in [-0.1, -0.05) is 0 Å². The number of aliphatic hydroxyl groups excluding tert-OH is 1. The normalized spacial score (nSPS) is 22.9. The van der Waals surface area contributed by atoms with E-state index in [1.807, 2.05) is 14.1 Å². The van der Waals surface area contributed by atoms with Crippen molar-refractivity contribution >= 4 is 5.91 Å². The summed E-state index contributed by atoms with van der Waals surface area (Å²) in [6.07, 6.45) is 3.15. The molecule has 0 heterocycles. The van der Waals surface area contributed by atoms with Crippen LogP contribution < -0.4 is 5.73 Å². The maximum absolute atomic E-state index is 11.8. The second kappa shape index (κ2) is 7.71. The number of hydrogen-bond acceptors (Lipinski definition) is 4. The predicted molar refractivity (Wildman–Crippen MR) is 72.2 cm³/mol. The molecule has 0 spiro atoms. The Morgan fingerprint density at radius 2 is 2.00 bits per heavy atom. The van der Waals surface area contributed by atoms with Gasteiger partial charge in [-0.05, 0) is 38.8 Å². The molecule has 5 heteroatoms. The minimum Gasteiger partial charge on any atom is -0.393 e. The van der Waals surface area contributed by atoms with E-state index in [0.717, 1.165) is 38.9 Å². The molecule has 1 rings (SSSR count). The summed E-state index contributed by atoms with van der Waals surface area (Å²) in [6, 6.07) is 0.